The Morgan fingerprint density at radius 1 is 1.04 bits per heavy atom. The number of alkyl halides is 3. The summed E-state index contributed by atoms with van der Waals surface area (Å²) in [6.07, 6.45) is 0. The highest BCUT2D eigenvalue weighted by molar-refractivity contribution is 8.00. The SMILES string of the molecule is O=C(Nc1ccc(SC(F)(F)F)cc1)Nc1cccc(Cl)c1F. The summed E-state index contributed by atoms with van der Waals surface area (Å²) < 4.78 is 50.2. The summed E-state index contributed by atoms with van der Waals surface area (Å²) in [6.45, 7) is 0. The summed E-state index contributed by atoms with van der Waals surface area (Å²) in [5.74, 6) is -0.777. The van der Waals surface area contributed by atoms with Crippen LogP contribution in [0.4, 0.5) is 33.7 Å². The molecule has 0 radical (unpaired) electrons. The predicted molar refractivity (Wildman–Crippen MR) is 82.4 cm³/mol. The monoisotopic (exact) mass is 364 g/mol. The second kappa shape index (κ2) is 7.10. The van der Waals surface area contributed by atoms with Crippen molar-refractivity contribution in [3.8, 4) is 0 Å². The van der Waals surface area contributed by atoms with Crippen LogP contribution in [0.3, 0.4) is 0 Å². The average molecular weight is 365 g/mol. The second-order valence-electron chi connectivity index (χ2n) is 4.25. The number of anilines is 2. The zero-order chi connectivity index (χ0) is 17.0. The summed E-state index contributed by atoms with van der Waals surface area (Å²) in [7, 11) is 0. The maximum absolute atomic E-state index is 13.6. The normalized spacial score (nSPS) is 11.2. The van der Waals surface area contributed by atoms with E-state index in [0.717, 1.165) is 0 Å². The molecule has 2 aromatic carbocycles. The van der Waals surface area contributed by atoms with Crippen LogP contribution in [0.5, 0.6) is 0 Å². The maximum Gasteiger partial charge on any atom is 0.446 e. The fourth-order valence-corrected chi connectivity index (χ4v) is 2.34. The van der Waals surface area contributed by atoms with E-state index in [-0.39, 0.29) is 33.1 Å². The van der Waals surface area contributed by atoms with Crippen molar-refractivity contribution >= 4 is 40.8 Å². The minimum Gasteiger partial charge on any atom is -0.308 e. The Balaban J connectivity index is 1.99. The standard InChI is InChI=1S/C14H9ClF4N2OS/c15-10-2-1-3-11(12(10)16)21-13(22)20-8-4-6-9(7-5-8)23-14(17,18)19/h1-7H,(H2,20,21,22). The molecule has 2 rings (SSSR count). The molecule has 0 heterocycles. The van der Waals surface area contributed by atoms with Gasteiger partial charge in [0.2, 0.25) is 0 Å². The smallest absolute Gasteiger partial charge is 0.308 e. The number of halogens is 5. The van der Waals surface area contributed by atoms with E-state index in [1.54, 1.807) is 0 Å². The Hall–Kier alpha value is -1.93. The average Bonchev–Trinajstić information content (AvgIpc) is 2.44. The first-order valence-electron chi connectivity index (χ1n) is 6.12. The van der Waals surface area contributed by atoms with Crippen molar-refractivity contribution in [2.75, 3.05) is 10.6 Å². The number of carbonyl (C=O) groups excluding carboxylic acids is 1. The molecular formula is C14H9ClF4N2OS. The van der Waals surface area contributed by atoms with Crippen molar-refractivity contribution in [3.63, 3.8) is 0 Å². The van der Waals surface area contributed by atoms with Crippen LogP contribution >= 0.6 is 23.4 Å². The fourth-order valence-electron chi connectivity index (χ4n) is 1.62. The van der Waals surface area contributed by atoms with E-state index in [2.05, 4.69) is 10.6 Å². The lowest BCUT2D eigenvalue weighted by atomic mass is 10.3. The summed E-state index contributed by atoms with van der Waals surface area (Å²) in [6, 6.07) is 8.42. The van der Waals surface area contributed by atoms with Gasteiger partial charge in [-0.2, -0.15) is 13.2 Å². The molecule has 0 aliphatic carbocycles. The molecule has 0 saturated carbocycles. The summed E-state index contributed by atoms with van der Waals surface area (Å²) in [4.78, 5) is 11.7. The molecule has 2 aromatic rings. The van der Waals surface area contributed by atoms with Crippen LogP contribution in [0.1, 0.15) is 0 Å². The maximum atomic E-state index is 13.6. The van der Waals surface area contributed by atoms with Gasteiger partial charge < -0.3 is 10.6 Å². The number of hydrogen-bond donors (Lipinski definition) is 2. The minimum atomic E-state index is -4.38. The molecule has 0 atom stereocenters. The molecule has 0 bridgehead atoms. The number of carbonyl (C=O) groups is 1. The van der Waals surface area contributed by atoms with Gasteiger partial charge in [-0.15, -0.1) is 0 Å². The van der Waals surface area contributed by atoms with Gasteiger partial charge in [0.15, 0.2) is 5.82 Å². The van der Waals surface area contributed by atoms with Gasteiger partial charge in [0.25, 0.3) is 0 Å². The van der Waals surface area contributed by atoms with Crippen molar-refractivity contribution < 1.29 is 22.4 Å². The third kappa shape index (κ3) is 5.33. The minimum absolute atomic E-state index is 0.00987. The van der Waals surface area contributed by atoms with Gasteiger partial charge in [-0.05, 0) is 48.2 Å². The van der Waals surface area contributed by atoms with Crippen LogP contribution < -0.4 is 10.6 Å². The van der Waals surface area contributed by atoms with Crippen LogP contribution in [0, 0.1) is 5.82 Å². The van der Waals surface area contributed by atoms with E-state index in [9.17, 15) is 22.4 Å². The van der Waals surface area contributed by atoms with Crippen molar-refractivity contribution in [2.24, 2.45) is 0 Å². The Kier molecular flexibility index (Phi) is 5.38. The predicted octanol–water partition coefficient (Wildman–Crippen LogP) is 5.74. The van der Waals surface area contributed by atoms with E-state index >= 15 is 0 Å². The van der Waals surface area contributed by atoms with Gasteiger partial charge in [0.1, 0.15) is 0 Å². The molecule has 0 aliphatic rings. The van der Waals surface area contributed by atoms with Crippen LogP contribution in [-0.2, 0) is 0 Å². The highest BCUT2D eigenvalue weighted by atomic mass is 35.5. The zero-order valence-corrected chi connectivity index (χ0v) is 12.8. The molecule has 2 amide bonds. The van der Waals surface area contributed by atoms with Crippen LogP contribution in [0.25, 0.3) is 0 Å². The largest absolute Gasteiger partial charge is 0.446 e. The highest BCUT2D eigenvalue weighted by Gasteiger charge is 2.29. The number of nitrogens with one attached hydrogen (secondary N) is 2. The van der Waals surface area contributed by atoms with Crippen LogP contribution in [-0.4, -0.2) is 11.5 Å². The molecule has 0 aliphatic heterocycles. The van der Waals surface area contributed by atoms with E-state index in [4.69, 9.17) is 11.6 Å². The molecule has 2 N–H and O–H groups in total. The van der Waals surface area contributed by atoms with Crippen molar-refractivity contribution in [1.29, 1.82) is 0 Å². The van der Waals surface area contributed by atoms with Crippen molar-refractivity contribution in [1.82, 2.24) is 0 Å². The number of thioether (sulfide) groups is 1. The molecule has 0 aromatic heterocycles. The topological polar surface area (TPSA) is 41.1 Å². The molecule has 3 nitrogen and oxygen atoms in total. The van der Waals surface area contributed by atoms with E-state index in [0.29, 0.717) is 0 Å². The summed E-state index contributed by atoms with van der Waals surface area (Å²) >= 11 is 5.33. The Labute approximate surface area is 138 Å². The first-order chi connectivity index (χ1) is 10.7. The fraction of sp³-hybridized carbons (Fsp3) is 0.0714. The zero-order valence-electron chi connectivity index (χ0n) is 11.2. The number of hydrogen-bond acceptors (Lipinski definition) is 2. The lowest BCUT2D eigenvalue weighted by molar-refractivity contribution is -0.0328. The number of urea groups is 1. The summed E-state index contributed by atoms with van der Waals surface area (Å²) in [5, 5.41) is 4.49. The van der Waals surface area contributed by atoms with Gasteiger partial charge in [0, 0.05) is 10.6 Å². The van der Waals surface area contributed by atoms with Gasteiger partial charge in [-0.3, -0.25) is 0 Å². The molecule has 0 unspecified atom stereocenters. The second-order valence-corrected chi connectivity index (χ2v) is 5.80. The number of rotatable bonds is 3. The third-order valence-electron chi connectivity index (χ3n) is 2.55. The van der Waals surface area contributed by atoms with Crippen LogP contribution in [0.2, 0.25) is 5.02 Å². The lowest BCUT2D eigenvalue weighted by Gasteiger charge is -2.10. The van der Waals surface area contributed by atoms with E-state index in [1.165, 1.54) is 42.5 Å². The Bertz CT molecular complexity index is 707. The Morgan fingerprint density at radius 2 is 1.70 bits per heavy atom. The highest BCUT2D eigenvalue weighted by Crippen LogP contribution is 2.37. The third-order valence-corrected chi connectivity index (χ3v) is 3.58. The van der Waals surface area contributed by atoms with Crippen LogP contribution in [0.15, 0.2) is 47.4 Å². The first kappa shape index (κ1) is 17.4. The molecule has 0 fully saturated rings. The first-order valence-corrected chi connectivity index (χ1v) is 7.32. The molecular weight excluding hydrogens is 356 g/mol. The molecule has 23 heavy (non-hydrogen) atoms. The van der Waals surface area contributed by atoms with Gasteiger partial charge in [-0.1, -0.05) is 17.7 Å². The van der Waals surface area contributed by atoms with Crippen molar-refractivity contribution in [3.05, 3.63) is 53.3 Å². The van der Waals surface area contributed by atoms with Gasteiger partial charge in [0.05, 0.1) is 10.7 Å². The Morgan fingerprint density at radius 3 is 2.30 bits per heavy atom. The quantitative estimate of drug-likeness (QED) is 0.539. The van der Waals surface area contributed by atoms with Crippen molar-refractivity contribution in [2.45, 2.75) is 10.4 Å². The molecule has 0 spiro atoms. The van der Waals surface area contributed by atoms with E-state index < -0.39 is 17.4 Å². The number of amides is 2. The summed E-state index contributed by atoms with van der Waals surface area (Å²) in [5.41, 5.74) is -4.23. The molecule has 9 heteroatoms. The number of benzene rings is 2. The van der Waals surface area contributed by atoms with E-state index in [1.807, 2.05) is 0 Å². The lowest BCUT2D eigenvalue weighted by Crippen LogP contribution is -2.20. The van der Waals surface area contributed by atoms with Gasteiger partial charge in [-0.25, -0.2) is 9.18 Å². The molecule has 122 valence electrons. The molecule has 0 saturated heterocycles. The van der Waals surface area contributed by atoms with Gasteiger partial charge >= 0.3 is 11.5 Å².